The number of nitrogens with one attached hydrogen (secondary N) is 1. The third-order valence-corrected chi connectivity index (χ3v) is 2.66. The molecule has 1 aliphatic rings. The second kappa shape index (κ2) is 4.63. The van der Waals surface area contributed by atoms with Gasteiger partial charge in [-0.05, 0) is 42.9 Å². The number of nitrogens with zero attached hydrogens (tertiary/aromatic N) is 1. The summed E-state index contributed by atoms with van der Waals surface area (Å²) < 4.78 is 12.8. The van der Waals surface area contributed by atoms with Crippen LogP contribution in [0.4, 0.5) is 10.1 Å². The Morgan fingerprint density at radius 2 is 2.06 bits per heavy atom. The fourth-order valence-corrected chi connectivity index (χ4v) is 1.90. The van der Waals surface area contributed by atoms with E-state index >= 15 is 0 Å². The van der Waals surface area contributed by atoms with E-state index in [2.05, 4.69) is 5.32 Å². The first-order chi connectivity index (χ1) is 8.13. The summed E-state index contributed by atoms with van der Waals surface area (Å²) in [5, 5.41) is 3.16. The van der Waals surface area contributed by atoms with E-state index in [0.29, 0.717) is 16.5 Å². The van der Waals surface area contributed by atoms with Crippen LogP contribution in [0.25, 0.3) is 0 Å². The standard InChI is InChI=1S/C12H11FN2OS/c1-2-3-10-11(16)15(12(17)14-10)9-6-4-8(13)5-7-9/h3-7H,2H2,1H3,(H,14,17)/b10-3+. The highest BCUT2D eigenvalue weighted by molar-refractivity contribution is 7.80. The van der Waals surface area contributed by atoms with Gasteiger partial charge < -0.3 is 5.32 Å². The molecule has 0 saturated carbocycles. The van der Waals surface area contributed by atoms with E-state index in [-0.39, 0.29) is 11.7 Å². The molecule has 1 aromatic carbocycles. The molecule has 17 heavy (non-hydrogen) atoms. The Labute approximate surface area is 104 Å². The molecule has 2 rings (SSSR count). The van der Waals surface area contributed by atoms with Crippen molar-refractivity contribution in [1.29, 1.82) is 0 Å². The lowest BCUT2D eigenvalue weighted by atomic mass is 10.2. The summed E-state index contributed by atoms with van der Waals surface area (Å²) in [7, 11) is 0. The molecule has 1 N–H and O–H groups in total. The lowest BCUT2D eigenvalue weighted by molar-refractivity contribution is -0.113. The smallest absolute Gasteiger partial charge is 0.280 e. The first kappa shape index (κ1) is 11.7. The maximum absolute atomic E-state index is 12.8. The maximum Gasteiger partial charge on any atom is 0.280 e. The Bertz CT molecular complexity index is 496. The average Bonchev–Trinajstić information content (AvgIpc) is 2.57. The number of thiocarbonyl (C=S) groups is 1. The summed E-state index contributed by atoms with van der Waals surface area (Å²) in [6, 6.07) is 5.64. The predicted octanol–water partition coefficient (Wildman–Crippen LogP) is 2.34. The molecule has 1 amide bonds. The minimum absolute atomic E-state index is 0.205. The molecule has 0 radical (unpaired) electrons. The summed E-state index contributed by atoms with van der Waals surface area (Å²) in [5.41, 5.74) is 1.04. The fraction of sp³-hybridized carbons (Fsp3) is 0.167. The summed E-state index contributed by atoms with van der Waals surface area (Å²) in [6.45, 7) is 1.94. The third-order valence-electron chi connectivity index (χ3n) is 2.37. The molecule has 1 heterocycles. The fourth-order valence-electron chi connectivity index (χ4n) is 1.60. The Kier molecular flexibility index (Phi) is 3.19. The number of halogens is 1. The molecule has 0 unspecified atom stereocenters. The Balaban J connectivity index is 2.34. The zero-order valence-electron chi connectivity index (χ0n) is 9.24. The van der Waals surface area contributed by atoms with E-state index in [4.69, 9.17) is 12.2 Å². The van der Waals surface area contributed by atoms with Crippen LogP contribution in [-0.2, 0) is 4.79 Å². The quantitative estimate of drug-likeness (QED) is 0.646. The first-order valence-corrected chi connectivity index (χ1v) is 5.65. The number of rotatable bonds is 2. The molecule has 1 saturated heterocycles. The normalized spacial score (nSPS) is 17.8. The number of benzene rings is 1. The van der Waals surface area contributed by atoms with E-state index in [0.717, 1.165) is 6.42 Å². The van der Waals surface area contributed by atoms with Crippen LogP contribution in [0.1, 0.15) is 13.3 Å². The molecule has 88 valence electrons. The first-order valence-electron chi connectivity index (χ1n) is 5.24. The number of hydrogen-bond donors (Lipinski definition) is 1. The van der Waals surface area contributed by atoms with Crippen molar-refractivity contribution in [3.63, 3.8) is 0 Å². The lowest BCUT2D eigenvalue weighted by Gasteiger charge is -2.13. The summed E-state index contributed by atoms with van der Waals surface area (Å²) in [5.74, 6) is -0.549. The number of carbonyl (C=O) groups excluding carboxylic acids is 1. The van der Waals surface area contributed by atoms with Crippen molar-refractivity contribution in [2.75, 3.05) is 4.90 Å². The van der Waals surface area contributed by atoms with Crippen molar-refractivity contribution < 1.29 is 9.18 Å². The third kappa shape index (κ3) is 2.19. The van der Waals surface area contributed by atoms with Gasteiger partial charge in [-0.3, -0.25) is 9.69 Å². The zero-order chi connectivity index (χ0) is 12.4. The van der Waals surface area contributed by atoms with Gasteiger partial charge in [-0.15, -0.1) is 0 Å². The van der Waals surface area contributed by atoms with Gasteiger partial charge >= 0.3 is 0 Å². The molecule has 0 bridgehead atoms. The van der Waals surface area contributed by atoms with Crippen molar-refractivity contribution in [1.82, 2.24) is 5.32 Å². The van der Waals surface area contributed by atoms with Gasteiger partial charge in [-0.25, -0.2) is 4.39 Å². The van der Waals surface area contributed by atoms with E-state index in [1.807, 2.05) is 6.92 Å². The van der Waals surface area contributed by atoms with Crippen molar-refractivity contribution >= 4 is 28.9 Å². The summed E-state index contributed by atoms with van der Waals surface area (Å²) >= 11 is 5.08. The van der Waals surface area contributed by atoms with Crippen LogP contribution in [0.5, 0.6) is 0 Å². The SMILES string of the molecule is CC/C=C1/NC(=S)N(c2ccc(F)cc2)C1=O. The minimum Gasteiger partial charge on any atom is -0.328 e. The molecule has 1 fully saturated rings. The van der Waals surface area contributed by atoms with Crippen molar-refractivity contribution in [3.05, 3.63) is 41.9 Å². The van der Waals surface area contributed by atoms with Gasteiger partial charge in [0.1, 0.15) is 11.5 Å². The molecule has 1 aromatic rings. The molecular weight excluding hydrogens is 239 g/mol. The van der Waals surface area contributed by atoms with Crippen LogP contribution < -0.4 is 10.2 Å². The van der Waals surface area contributed by atoms with Gasteiger partial charge in [-0.1, -0.05) is 13.0 Å². The topological polar surface area (TPSA) is 32.3 Å². The van der Waals surface area contributed by atoms with Gasteiger partial charge in [0.25, 0.3) is 5.91 Å². The molecule has 1 aliphatic heterocycles. The summed E-state index contributed by atoms with van der Waals surface area (Å²) in [4.78, 5) is 13.4. The molecule has 0 aliphatic carbocycles. The monoisotopic (exact) mass is 250 g/mol. The number of anilines is 1. The minimum atomic E-state index is -0.344. The lowest BCUT2D eigenvalue weighted by Crippen LogP contribution is -2.30. The van der Waals surface area contributed by atoms with E-state index in [1.54, 1.807) is 6.08 Å². The highest BCUT2D eigenvalue weighted by Gasteiger charge is 2.31. The van der Waals surface area contributed by atoms with Crippen LogP contribution in [0, 0.1) is 5.82 Å². The van der Waals surface area contributed by atoms with Crippen LogP contribution in [0.3, 0.4) is 0 Å². The molecule has 3 nitrogen and oxygen atoms in total. The van der Waals surface area contributed by atoms with Gasteiger partial charge in [0.05, 0.1) is 5.69 Å². The van der Waals surface area contributed by atoms with Crippen LogP contribution >= 0.6 is 12.2 Å². The van der Waals surface area contributed by atoms with E-state index < -0.39 is 0 Å². The Morgan fingerprint density at radius 1 is 1.41 bits per heavy atom. The second-order valence-electron chi connectivity index (χ2n) is 3.57. The van der Waals surface area contributed by atoms with Gasteiger partial charge in [0.2, 0.25) is 0 Å². The average molecular weight is 250 g/mol. The molecule has 0 spiro atoms. The Morgan fingerprint density at radius 3 is 2.65 bits per heavy atom. The van der Waals surface area contributed by atoms with Crippen molar-refractivity contribution in [2.45, 2.75) is 13.3 Å². The van der Waals surface area contributed by atoms with Crippen LogP contribution in [0.2, 0.25) is 0 Å². The van der Waals surface area contributed by atoms with Crippen LogP contribution in [-0.4, -0.2) is 11.0 Å². The number of amides is 1. The van der Waals surface area contributed by atoms with E-state index in [1.165, 1.54) is 29.2 Å². The molecular formula is C12H11FN2OS. The second-order valence-corrected chi connectivity index (χ2v) is 3.96. The molecule has 5 heteroatoms. The number of hydrogen-bond acceptors (Lipinski definition) is 2. The highest BCUT2D eigenvalue weighted by atomic mass is 32.1. The molecule has 0 aromatic heterocycles. The van der Waals surface area contributed by atoms with Gasteiger partial charge in [0, 0.05) is 0 Å². The van der Waals surface area contributed by atoms with Gasteiger partial charge in [-0.2, -0.15) is 0 Å². The van der Waals surface area contributed by atoms with Crippen molar-refractivity contribution in [3.8, 4) is 0 Å². The predicted molar refractivity (Wildman–Crippen MR) is 68.0 cm³/mol. The number of carbonyl (C=O) groups is 1. The van der Waals surface area contributed by atoms with Crippen molar-refractivity contribution in [2.24, 2.45) is 0 Å². The van der Waals surface area contributed by atoms with E-state index in [9.17, 15) is 9.18 Å². The zero-order valence-corrected chi connectivity index (χ0v) is 10.1. The highest BCUT2D eigenvalue weighted by Crippen LogP contribution is 2.21. The summed E-state index contributed by atoms with van der Waals surface area (Å²) in [6.07, 6.45) is 2.52. The number of allylic oxidation sites excluding steroid dienone is 1. The molecule has 0 atom stereocenters. The Hall–Kier alpha value is -1.75. The largest absolute Gasteiger partial charge is 0.328 e. The maximum atomic E-state index is 12.8. The van der Waals surface area contributed by atoms with Crippen LogP contribution in [0.15, 0.2) is 36.0 Å². The van der Waals surface area contributed by atoms with Gasteiger partial charge in [0.15, 0.2) is 5.11 Å².